The van der Waals surface area contributed by atoms with Crippen LogP contribution in [0.3, 0.4) is 0 Å². The number of aryl methyl sites for hydroxylation is 1. The molecule has 1 aromatic heterocycles. The van der Waals surface area contributed by atoms with Crippen molar-refractivity contribution in [2.45, 2.75) is 58.4 Å². The van der Waals surface area contributed by atoms with E-state index in [4.69, 9.17) is 4.98 Å². The molecule has 0 bridgehead atoms. The fourth-order valence-corrected chi connectivity index (χ4v) is 3.55. The largest absolute Gasteiger partial charge is 0.307 e. The zero-order valence-electron chi connectivity index (χ0n) is 15.3. The van der Waals surface area contributed by atoms with E-state index in [-0.39, 0.29) is 5.56 Å². The number of unbranched alkanes of at least 4 members (excludes halogenated alkanes) is 1. The predicted octanol–water partition coefficient (Wildman–Crippen LogP) is 4.16. The lowest BCUT2D eigenvalue weighted by Gasteiger charge is -2.21. The van der Waals surface area contributed by atoms with Crippen molar-refractivity contribution in [3.63, 3.8) is 0 Å². The highest BCUT2D eigenvalue weighted by atomic mass is 16.1. The molecule has 3 rings (SSSR count). The highest BCUT2D eigenvalue weighted by Gasteiger charge is 2.14. The van der Waals surface area contributed by atoms with Gasteiger partial charge in [-0.2, -0.15) is 0 Å². The summed E-state index contributed by atoms with van der Waals surface area (Å²) in [4.78, 5) is 22.3. The minimum absolute atomic E-state index is 0.0549. The molecule has 0 amide bonds. The standard InChI is InChI=1S/C21H29N3O/c1-2-3-11-18-15-20(25)23-21(22-18)19-12-7-6-10-17(19)16-24-13-8-4-5-9-14-24/h6-7,10,12,15H,2-5,8-9,11,13-14,16H2,1H3,(H,22,23,25). The maximum absolute atomic E-state index is 12.1. The van der Waals surface area contributed by atoms with Gasteiger partial charge in [0.15, 0.2) is 0 Å². The molecule has 1 fully saturated rings. The lowest BCUT2D eigenvalue weighted by Crippen LogP contribution is -2.24. The lowest BCUT2D eigenvalue weighted by atomic mass is 10.1. The van der Waals surface area contributed by atoms with Gasteiger partial charge < -0.3 is 4.98 Å². The molecule has 0 atom stereocenters. The zero-order valence-corrected chi connectivity index (χ0v) is 15.3. The van der Waals surface area contributed by atoms with E-state index in [1.165, 1.54) is 31.2 Å². The fourth-order valence-electron chi connectivity index (χ4n) is 3.55. The van der Waals surface area contributed by atoms with Crippen molar-refractivity contribution in [1.82, 2.24) is 14.9 Å². The molecule has 1 aliphatic rings. The van der Waals surface area contributed by atoms with Gasteiger partial charge in [0.2, 0.25) is 0 Å². The van der Waals surface area contributed by atoms with E-state index in [0.29, 0.717) is 5.82 Å². The molecule has 0 aliphatic carbocycles. The van der Waals surface area contributed by atoms with Gasteiger partial charge in [-0.1, -0.05) is 50.5 Å². The van der Waals surface area contributed by atoms with Gasteiger partial charge in [-0.05, 0) is 44.3 Å². The van der Waals surface area contributed by atoms with Gasteiger partial charge in [-0.15, -0.1) is 0 Å². The highest BCUT2D eigenvalue weighted by Crippen LogP contribution is 2.22. The first-order valence-corrected chi connectivity index (χ1v) is 9.67. The van der Waals surface area contributed by atoms with Crippen LogP contribution in [0.15, 0.2) is 35.1 Å². The Morgan fingerprint density at radius 1 is 1.12 bits per heavy atom. The summed E-state index contributed by atoms with van der Waals surface area (Å²) < 4.78 is 0. The van der Waals surface area contributed by atoms with Crippen LogP contribution in [0.1, 0.15) is 56.7 Å². The highest BCUT2D eigenvalue weighted by molar-refractivity contribution is 5.60. The summed E-state index contributed by atoms with van der Waals surface area (Å²) in [5.74, 6) is 0.712. The molecule has 0 unspecified atom stereocenters. The Bertz CT molecular complexity index is 730. The van der Waals surface area contributed by atoms with E-state index in [0.717, 1.165) is 50.2 Å². The summed E-state index contributed by atoms with van der Waals surface area (Å²) in [7, 11) is 0. The van der Waals surface area contributed by atoms with Crippen LogP contribution in [-0.4, -0.2) is 28.0 Å². The minimum atomic E-state index is -0.0549. The molecular formula is C21H29N3O. The molecule has 1 aromatic carbocycles. The Morgan fingerprint density at radius 3 is 2.64 bits per heavy atom. The average Bonchev–Trinajstić information content (AvgIpc) is 2.89. The van der Waals surface area contributed by atoms with Crippen LogP contribution >= 0.6 is 0 Å². The van der Waals surface area contributed by atoms with Gasteiger partial charge in [0, 0.05) is 23.9 Å². The van der Waals surface area contributed by atoms with Crippen LogP contribution in [0.2, 0.25) is 0 Å². The number of benzene rings is 1. The number of likely N-dealkylation sites (tertiary alicyclic amines) is 1. The third kappa shape index (κ3) is 5.02. The van der Waals surface area contributed by atoms with E-state index in [1.54, 1.807) is 6.07 Å². The Kier molecular flexibility index (Phi) is 6.40. The summed E-state index contributed by atoms with van der Waals surface area (Å²) in [6.45, 7) is 5.41. The fraction of sp³-hybridized carbons (Fsp3) is 0.524. The van der Waals surface area contributed by atoms with Gasteiger partial charge >= 0.3 is 0 Å². The molecule has 4 nitrogen and oxygen atoms in total. The van der Waals surface area contributed by atoms with Crippen LogP contribution < -0.4 is 5.56 Å². The Balaban J connectivity index is 1.87. The van der Waals surface area contributed by atoms with Crippen LogP contribution in [0.5, 0.6) is 0 Å². The molecule has 0 spiro atoms. The number of hydrogen-bond donors (Lipinski definition) is 1. The van der Waals surface area contributed by atoms with Crippen molar-refractivity contribution in [1.29, 1.82) is 0 Å². The summed E-state index contributed by atoms with van der Waals surface area (Å²) in [6, 6.07) is 9.99. The maximum Gasteiger partial charge on any atom is 0.251 e. The number of aromatic amines is 1. The van der Waals surface area contributed by atoms with Crippen molar-refractivity contribution >= 4 is 0 Å². The zero-order chi connectivity index (χ0) is 17.5. The van der Waals surface area contributed by atoms with Crippen molar-refractivity contribution in [2.75, 3.05) is 13.1 Å². The van der Waals surface area contributed by atoms with Crippen molar-refractivity contribution in [3.8, 4) is 11.4 Å². The second-order valence-corrected chi connectivity index (χ2v) is 7.04. The molecule has 1 aliphatic heterocycles. The normalized spacial score (nSPS) is 15.9. The minimum Gasteiger partial charge on any atom is -0.307 e. The van der Waals surface area contributed by atoms with Crippen molar-refractivity contribution in [2.24, 2.45) is 0 Å². The predicted molar refractivity (Wildman–Crippen MR) is 103 cm³/mol. The van der Waals surface area contributed by atoms with Crippen LogP contribution in [0.4, 0.5) is 0 Å². The third-order valence-corrected chi connectivity index (χ3v) is 4.95. The van der Waals surface area contributed by atoms with Crippen LogP contribution in [0.25, 0.3) is 11.4 Å². The van der Waals surface area contributed by atoms with E-state index in [1.807, 2.05) is 6.07 Å². The van der Waals surface area contributed by atoms with E-state index in [9.17, 15) is 4.79 Å². The van der Waals surface area contributed by atoms with Gasteiger partial charge in [-0.3, -0.25) is 9.69 Å². The van der Waals surface area contributed by atoms with Gasteiger partial charge in [0.25, 0.3) is 5.56 Å². The summed E-state index contributed by atoms with van der Waals surface area (Å²) >= 11 is 0. The van der Waals surface area contributed by atoms with Crippen LogP contribution in [-0.2, 0) is 13.0 Å². The molecule has 1 saturated heterocycles. The second-order valence-electron chi connectivity index (χ2n) is 7.04. The summed E-state index contributed by atoms with van der Waals surface area (Å²) in [5.41, 5.74) is 3.15. The summed E-state index contributed by atoms with van der Waals surface area (Å²) in [5, 5.41) is 0. The number of rotatable bonds is 6. The van der Waals surface area contributed by atoms with Gasteiger partial charge in [-0.25, -0.2) is 4.98 Å². The molecule has 2 aromatic rings. The monoisotopic (exact) mass is 339 g/mol. The first-order valence-electron chi connectivity index (χ1n) is 9.67. The Morgan fingerprint density at radius 2 is 1.88 bits per heavy atom. The molecular weight excluding hydrogens is 310 g/mol. The first-order chi connectivity index (χ1) is 12.3. The molecule has 4 heteroatoms. The molecule has 2 heterocycles. The Hall–Kier alpha value is -1.94. The van der Waals surface area contributed by atoms with E-state index >= 15 is 0 Å². The van der Waals surface area contributed by atoms with E-state index < -0.39 is 0 Å². The molecule has 0 saturated carbocycles. The Labute approximate surface area is 150 Å². The number of hydrogen-bond acceptors (Lipinski definition) is 3. The molecule has 134 valence electrons. The smallest absolute Gasteiger partial charge is 0.251 e. The first kappa shape index (κ1) is 17.9. The molecule has 0 radical (unpaired) electrons. The quantitative estimate of drug-likeness (QED) is 0.860. The topological polar surface area (TPSA) is 49.0 Å². The second kappa shape index (κ2) is 8.95. The van der Waals surface area contributed by atoms with Gasteiger partial charge in [0.1, 0.15) is 5.82 Å². The summed E-state index contributed by atoms with van der Waals surface area (Å²) in [6.07, 6.45) is 8.27. The van der Waals surface area contributed by atoms with E-state index in [2.05, 4.69) is 35.0 Å². The number of nitrogens with zero attached hydrogens (tertiary/aromatic N) is 2. The maximum atomic E-state index is 12.1. The average molecular weight is 339 g/mol. The van der Waals surface area contributed by atoms with Gasteiger partial charge in [0.05, 0.1) is 0 Å². The van der Waals surface area contributed by atoms with Crippen molar-refractivity contribution < 1.29 is 0 Å². The number of aromatic nitrogens is 2. The lowest BCUT2D eigenvalue weighted by molar-refractivity contribution is 0.277. The third-order valence-electron chi connectivity index (χ3n) is 4.95. The number of nitrogens with one attached hydrogen (secondary N) is 1. The SMILES string of the molecule is CCCCc1cc(=O)[nH]c(-c2ccccc2CN2CCCCCC2)n1. The van der Waals surface area contributed by atoms with Crippen LogP contribution in [0, 0.1) is 0 Å². The molecule has 25 heavy (non-hydrogen) atoms. The van der Waals surface area contributed by atoms with Crippen molar-refractivity contribution in [3.05, 3.63) is 51.9 Å². The number of H-pyrrole nitrogens is 1. The molecule has 1 N–H and O–H groups in total.